The zero-order valence-electron chi connectivity index (χ0n) is 12.2. The summed E-state index contributed by atoms with van der Waals surface area (Å²) >= 11 is 0. The second kappa shape index (κ2) is 6.31. The van der Waals surface area contributed by atoms with Crippen LogP contribution in [0, 0.1) is 6.92 Å². The van der Waals surface area contributed by atoms with Gasteiger partial charge in [-0.3, -0.25) is 4.79 Å². The summed E-state index contributed by atoms with van der Waals surface area (Å²) in [5.74, 6) is -2.49. The normalized spacial score (nSPS) is 13.0. The van der Waals surface area contributed by atoms with Gasteiger partial charge < -0.3 is 15.4 Å². The van der Waals surface area contributed by atoms with Crippen LogP contribution in [0.3, 0.4) is 0 Å². The third kappa shape index (κ3) is 4.24. The van der Waals surface area contributed by atoms with Gasteiger partial charge in [-0.2, -0.15) is 13.2 Å². The molecule has 2 rings (SSSR count). The Morgan fingerprint density at radius 3 is 2.65 bits per heavy atom. The zero-order valence-corrected chi connectivity index (χ0v) is 12.2. The fourth-order valence-corrected chi connectivity index (χ4v) is 2.44. The Hall–Kier alpha value is -2.51. The summed E-state index contributed by atoms with van der Waals surface area (Å²) in [5.41, 5.74) is 2.32. The number of carbonyl (C=O) groups excluding carboxylic acids is 1. The van der Waals surface area contributed by atoms with E-state index in [1.165, 1.54) is 0 Å². The van der Waals surface area contributed by atoms with E-state index in [-0.39, 0.29) is 6.42 Å². The first-order valence-electron chi connectivity index (χ1n) is 6.82. The van der Waals surface area contributed by atoms with Crippen molar-refractivity contribution < 1.29 is 27.9 Å². The molecule has 5 nitrogen and oxygen atoms in total. The number of halogens is 3. The molecule has 0 saturated carbocycles. The zero-order chi connectivity index (χ0) is 17.2. The molecule has 3 N–H and O–H groups in total. The molecule has 23 heavy (non-hydrogen) atoms. The van der Waals surface area contributed by atoms with Gasteiger partial charge in [0.05, 0.1) is 12.8 Å². The highest BCUT2D eigenvalue weighted by atomic mass is 19.4. The van der Waals surface area contributed by atoms with Crippen LogP contribution in [-0.2, 0) is 16.0 Å². The smallest absolute Gasteiger partial charge is 0.391 e. The van der Waals surface area contributed by atoms with Gasteiger partial charge in [0, 0.05) is 17.1 Å². The molecule has 0 bridgehead atoms. The van der Waals surface area contributed by atoms with Gasteiger partial charge in [-0.05, 0) is 24.1 Å². The third-order valence-corrected chi connectivity index (χ3v) is 3.42. The standard InChI is InChI=1S/C15H15F3N2O3/c1-8-3-2-4-10-13(8)9(7-19-10)5-12(21)20-11(14(22)23)6-15(16,17)18/h2-4,7,11,19H,5-6H2,1H3,(H,20,21)(H,22,23). The van der Waals surface area contributed by atoms with Crippen molar-refractivity contribution in [1.82, 2.24) is 10.3 Å². The van der Waals surface area contributed by atoms with Gasteiger partial charge in [-0.15, -0.1) is 0 Å². The maximum atomic E-state index is 12.3. The maximum Gasteiger partial charge on any atom is 0.391 e. The molecule has 1 aromatic heterocycles. The molecular weight excluding hydrogens is 313 g/mol. The molecule has 1 amide bonds. The van der Waals surface area contributed by atoms with Gasteiger partial charge in [0.15, 0.2) is 0 Å². The molecular formula is C15H15F3N2O3. The summed E-state index contributed by atoms with van der Waals surface area (Å²) in [5, 5.41) is 11.5. The molecule has 1 aromatic carbocycles. The SMILES string of the molecule is Cc1cccc2[nH]cc(CC(=O)NC(CC(F)(F)F)C(=O)O)c12. The third-order valence-electron chi connectivity index (χ3n) is 3.42. The highest BCUT2D eigenvalue weighted by molar-refractivity contribution is 5.92. The predicted molar refractivity (Wildman–Crippen MR) is 77.0 cm³/mol. The summed E-state index contributed by atoms with van der Waals surface area (Å²) in [6.45, 7) is 1.85. The maximum absolute atomic E-state index is 12.3. The van der Waals surface area contributed by atoms with Crippen molar-refractivity contribution in [1.29, 1.82) is 0 Å². The lowest BCUT2D eigenvalue weighted by molar-refractivity contribution is -0.159. The molecule has 0 fully saturated rings. The Bertz CT molecular complexity index is 737. The number of aromatic nitrogens is 1. The van der Waals surface area contributed by atoms with Crippen LogP contribution >= 0.6 is 0 Å². The number of hydrogen-bond donors (Lipinski definition) is 3. The molecule has 1 atom stereocenters. The molecule has 8 heteroatoms. The molecule has 0 aliphatic carbocycles. The number of hydrogen-bond acceptors (Lipinski definition) is 2. The lowest BCUT2D eigenvalue weighted by atomic mass is 10.0. The van der Waals surface area contributed by atoms with E-state index in [0.29, 0.717) is 5.56 Å². The van der Waals surface area contributed by atoms with Gasteiger partial charge in [0.1, 0.15) is 6.04 Å². The van der Waals surface area contributed by atoms with Gasteiger partial charge >= 0.3 is 12.1 Å². The van der Waals surface area contributed by atoms with Crippen LogP contribution in [0.2, 0.25) is 0 Å². The van der Waals surface area contributed by atoms with E-state index < -0.39 is 30.5 Å². The number of benzene rings is 1. The lowest BCUT2D eigenvalue weighted by Gasteiger charge is -2.16. The summed E-state index contributed by atoms with van der Waals surface area (Å²) in [6, 6.07) is 3.50. The van der Waals surface area contributed by atoms with Crippen LogP contribution in [-0.4, -0.2) is 34.2 Å². The largest absolute Gasteiger partial charge is 0.480 e. The Kier molecular flexibility index (Phi) is 4.63. The number of fused-ring (bicyclic) bond motifs is 1. The molecule has 0 radical (unpaired) electrons. The number of alkyl halides is 3. The van der Waals surface area contributed by atoms with Crippen molar-refractivity contribution >= 4 is 22.8 Å². The molecule has 0 aliphatic rings. The minimum atomic E-state index is -4.67. The van der Waals surface area contributed by atoms with E-state index in [9.17, 15) is 22.8 Å². The summed E-state index contributed by atoms with van der Waals surface area (Å²) in [6.07, 6.45) is -4.89. The van der Waals surface area contributed by atoms with Gasteiger partial charge in [0.25, 0.3) is 0 Å². The first kappa shape index (κ1) is 16.9. The summed E-state index contributed by atoms with van der Waals surface area (Å²) < 4.78 is 37.0. The van der Waals surface area contributed by atoms with E-state index in [4.69, 9.17) is 5.11 Å². The molecule has 0 saturated heterocycles. The Morgan fingerprint density at radius 2 is 2.04 bits per heavy atom. The summed E-state index contributed by atoms with van der Waals surface area (Å²) in [7, 11) is 0. The minimum absolute atomic E-state index is 0.202. The average Bonchev–Trinajstić information content (AvgIpc) is 2.81. The monoisotopic (exact) mass is 328 g/mol. The van der Waals surface area contributed by atoms with Gasteiger partial charge in [-0.1, -0.05) is 12.1 Å². The fourth-order valence-electron chi connectivity index (χ4n) is 2.44. The van der Waals surface area contributed by atoms with Gasteiger partial charge in [-0.25, -0.2) is 4.79 Å². The highest BCUT2D eigenvalue weighted by Gasteiger charge is 2.36. The van der Waals surface area contributed by atoms with Crippen LogP contribution < -0.4 is 5.32 Å². The van der Waals surface area contributed by atoms with Crippen molar-refractivity contribution in [2.24, 2.45) is 0 Å². The molecule has 2 aromatic rings. The number of carbonyl (C=O) groups is 2. The average molecular weight is 328 g/mol. The second-order valence-corrected chi connectivity index (χ2v) is 5.27. The van der Waals surface area contributed by atoms with Crippen molar-refractivity contribution in [2.75, 3.05) is 0 Å². The first-order chi connectivity index (χ1) is 10.7. The van der Waals surface area contributed by atoms with E-state index in [0.717, 1.165) is 16.5 Å². The van der Waals surface area contributed by atoms with E-state index in [1.54, 1.807) is 6.20 Å². The van der Waals surface area contributed by atoms with Crippen LogP contribution in [0.25, 0.3) is 10.9 Å². The van der Waals surface area contributed by atoms with Crippen LogP contribution in [0.4, 0.5) is 13.2 Å². The Balaban J connectivity index is 2.13. The number of rotatable bonds is 5. The number of H-pyrrole nitrogens is 1. The number of carboxylic acid groups (broad SMARTS) is 1. The topological polar surface area (TPSA) is 82.2 Å². The number of carboxylic acids is 1. The predicted octanol–water partition coefficient (Wildman–Crippen LogP) is 2.54. The summed E-state index contributed by atoms with van der Waals surface area (Å²) in [4.78, 5) is 25.7. The Labute approximate surface area is 129 Å². The number of aryl methyl sites for hydroxylation is 1. The van der Waals surface area contributed by atoms with E-state index in [1.807, 2.05) is 30.4 Å². The molecule has 1 unspecified atom stereocenters. The Morgan fingerprint density at radius 1 is 1.35 bits per heavy atom. The van der Waals surface area contributed by atoms with Crippen molar-refractivity contribution in [3.63, 3.8) is 0 Å². The van der Waals surface area contributed by atoms with Crippen molar-refractivity contribution in [3.8, 4) is 0 Å². The molecule has 124 valence electrons. The molecule has 0 aliphatic heterocycles. The number of aromatic amines is 1. The van der Waals surface area contributed by atoms with Crippen molar-refractivity contribution in [2.45, 2.75) is 32.0 Å². The quantitative estimate of drug-likeness (QED) is 0.789. The molecule has 1 heterocycles. The number of amides is 1. The minimum Gasteiger partial charge on any atom is -0.480 e. The number of nitrogens with one attached hydrogen (secondary N) is 2. The van der Waals surface area contributed by atoms with Crippen LogP contribution in [0.1, 0.15) is 17.5 Å². The van der Waals surface area contributed by atoms with E-state index in [2.05, 4.69) is 4.98 Å². The van der Waals surface area contributed by atoms with Crippen molar-refractivity contribution in [3.05, 3.63) is 35.5 Å². The fraction of sp³-hybridized carbons (Fsp3) is 0.333. The molecule has 0 spiro atoms. The van der Waals surface area contributed by atoms with Crippen LogP contribution in [0.5, 0.6) is 0 Å². The number of aliphatic carboxylic acids is 1. The second-order valence-electron chi connectivity index (χ2n) is 5.27. The van der Waals surface area contributed by atoms with Gasteiger partial charge in [0.2, 0.25) is 5.91 Å². The first-order valence-corrected chi connectivity index (χ1v) is 6.82. The van der Waals surface area contributed by atoms with E-state index >= 15 is 0 Å². The lowest BCUT2D eigenvalue weighted by Crippen LogP contribution is -2.44. The van der Waals surface area contributed by atoms with Crippen LogP contribution in [0.15, 0.2) is 24.4 Å². The highest BCUT2D eigenvalue weighted by Crippen LogP contribution is 2.23.